The summed E-state index contributed by atoms with van der Waals surface area (Å²) in [6, 6.07) is 1.15. The summed E-state index contributed by atoms with van der Waals surface area (Å²) < 4.78 is 9.89. The van der Waals surface area contributed by atoms with Crippen molar-refractivity contribution in [2.24, 2.45) is 0 Å². The number of carbonyl (C=O) groups excluding carboxylic acids is 1. The lowest BCUT2D eigenvalue weighted by molar-refractivity contribution is -0.384. The van der Waals surface area contributed by atoms with Crippen LogP contribution in [0.5, 0.6) is 0 Å². The second kappa shape index (κ2) is 9.91. The molecule has 0 radical (unpaired) electrons. The summed E-state index contributed by atoms with van der Waals surface area (Å²) in [7, 11) is 0. The lowest BCUT2D eigenvalue weighted by Gasteiger charge is -2.09. The average Bonchev–Trinajstić information content (AvgIpc) is 2.89. The molecule has 1 aromatic rings. The molecule has 1 aromatic heterocycles. The first-order valence-corrected chi connectivity index (χ1v) is 7.72. The molecule has 0 bridgehead atoms. The minimum atomic E-state index is -0.628. The number of nitrogens with zero attached hydrogens (tertiary/aromatic N) is 1. The molecule has 0 saturated carbocycles. The quantitative estimate of drug-likeness (QED) is 0.507. The fourth-order valence-corrected chi connectivity index (χ4v) is 2.52. The van der Waals surface area contributed by atoms with Gasteiger partial charge >= 0.3 is 0 Å². The molecule has 1 amide bonds. The first kappa shape index (κ1) is 18.1. The molecule has 2 heterocycles. The Morgan fingerprint density at radius 2 is 1.95 bits per heavy atom. The highest BCUT2D eigenvalue weighted by Crippen LogP contribution is 2.33. The van der Waals surface area contributed by atoms with Crippen LogP contribution in [0.2, 0.25) is 4.34 Å². The van der Waals surface area contributed by atoms with E-state index < -0.39 is 10.8 Å². The van der Waals surface area contributed by atoms with Crippen LogP contribution in [-0.4, -0.2) is 49.7 Å². The molecule has 7 nitrogen and oxygen atoms in total. The van der Waals surface area contributed by atoms with E-state index in [4.69, 9.17) is 32.7 Å². The molecule has 1 saturated heterocycles. The minimum Gasteiger partial charge on any atom is -0.377 e. The highest BCUT2D eigenvalue weighted by molar-refractivity contribution is 7.18. The molecule has 2 rings (SSSR count). The van der Waals surface area contributed by atoms with Crippen molar-refractivity contribution in [3.63, 3.8) is 0 Å². The van der Waals surface area contributed by atoms with Crippen molar-refractivity contribution < 1.29 is 19.2 Å². The van der Waals surface area contributed by atoms with Crippen molar-refractivity contribution in [3.8, 4) is 0 Å². The molecule has 0 unspecified atom stereocenters. The second-order valence-electron chi connectivity index (χ2n) is 3.70. The van der Waals surface area contributed by atoms with Crippen LogP contribution in [0.25, 0.3) is 0 Å². The summed E-state index contributed by atoms with van der Waals surface area (Å²) in [5.74, 6) is -0.122. The predicted octanol–water partition coefficient (Wildman–Crippen LogP) is 2.31. The van der Waals surface area contributed by atoms with E-state index in [9.17, 15) is 14.9 Å². The predicted molar refractivity (Wildman–Crippen MR) is 80.7 cm³/mol. The van der Waals surface area contributed by atoms with Gasteiger partial charge in [0.2, 0.25) is 0 Å². The second-order valence-corrected chi connectivity index (χ2v) is 5.73. The molecule has 0 atom stereocenters. The van der Waals surface area contributed by atoms with Gasteiger partial charge in [0, 0.05) is 18.5 Å². The molecule has 0 aromatic carbocycles. The van der Waals surface area contributed by atoms with Gasteiger partial charge in [0.05, 0.1) is 31.4 Å². The Balaban J connectivity index is 0.000000304. The van der Waals surface area contributed by atoms with Crippen LogP contribution in [0.15, 0.2) is 6.07 Å². The number of ether oxygens (including phenoxy) is 2. The van der Waals surface area contributed by atoms with Gasteiger partial charge in [0.25, 0.3) is 11.6 Å². The van der Waals surface area contributed by atoms with E-state index in [2.05, 4.69) is 5.32 Å². The van der Waals surface area contributed by atoms with Crippen LogP contribution >= 0.6 is 34.5 Å². The van der Waals surface area contributed by atoms with E-state index in [1.165, 1.54) is 0 Å². The van der Waals surface area contributed by atoms with Gasteiger partial charge in [-0.3, -0.25) is 14.9 Å². The number of hydrogen-bond donors (Lipinski definition) is 1. The summed E-state index contributed by atoms with van der Waals surface area (Å²) >= 11 is 11.8. The van der Waals surface area contributed by atoms with Gasteiger partial charge in [-0.05, 0) is 0 Å². The highest BCUT2D eigenvalue weighted by Gasteiger charge is 2.20. The Bertz CT molecular complexity index is 468. The van der Waals surface area contributed by atoms with Crippen molar-refractivity contribution in [2.45, 2.75) is 0 Å². The number of thiophene rings is 1. The molecule has 118 valence electrons. The SMILES string of the molecule is C1COCCO1.O=C(NCCCl)c1cc([N+](=O)[O-])c(Cl)s1. The maximum atomic E-state index is 11.4. The molecule has 1 aliphatic rings. The summed E-state index contributed by atoms with van der Waals surface area (Å²) in [5, 5.41) is 12.9. The maximum Gasteiger partial charge on any atom is 0.299 e. The van der Waals surface area contributed by atoms with Gasteiger partial charge in [-0.1, -0.05) is 11.6 Å². The first-order valence-electron chi connectivity index (χ1n) is 5.99. The number of nitro groups is 1. The van der Waals surface area contributed by atoms with Crippen molar-refractivity contribution in [3.05, 3.63) is 25.4 Å². The summed E-state index contributed by atoms with van der Waals surface area (Å²) in [5.41, 5.74) is -0.252. The third-order valence-electron chi connectivity index (χ3n) is 2.21. The number of alkyl halides is 1. The Labute approximate surface area is 135 Å². The van der Waals surface area contributed by atoms with Crippen molar-refractivity contribution in [2.75, 3.05) is 38.9 Å². The monoisotopic (exact) mass is 356 g/mol. The maximum absolute atomic E-state index is 11.4. The molecule has 21 heavy (non-hydrogen) atoms. The van der Waals surface area contributed by atoms with E-state index in [0.29, 0.717) is 6.54 Å². The smallest absolute Gasteiger partial charge is 0.299 e. The molecule has 1 aliphatic heterocycles. The fraction of sp³-hybridized carbons (Fsp3) is 0.545. The van der Waals surface area contributed by atoms with E-state index in [-0.39, 0.29) is 20.8 Å². The summed E-state index contributed by atoms with van der Waals surface area (Å²) in [4.78, 5) is 21.4. The zero-order valence-electron chi connectivity index (χ0n) is 11.0. The van der Waals surface area contributed by atoms with Gasteiger partial charge in [-0.15, -0.1) is 22.9 Å². The summed E-state index contributed by atoms with van der Waals surface area (Å²) in [6.45, 7) is 3.42. The largest absolute Gasteiger partial charge is 0.377 e. The number of rotatable bonds is 4. The third-order valence-corrected chi connectivity index (χ3v) is 3.74. The minimum absolute atomic E-state index is 0.00368. The van der Waals surface area contributed by atoms with Gasteiger partial charge < -0.3 is 14.8 Å². The first-order chi connectivity index (χ1) is 10.1. The Morgan fingerprint density at radius 1 is 1.38 bits per heavy atom. The zero-order chi connectivity index (χ0) is 15.7. The molecule has 1 fully saturated rings. The Hall–Kier alpha value is -0.930. The standard InChI is InChI=1S/C7H6Cl2N2O3S.C4H8O2/c8-1-2-10-7(12)5-3-4(11(13)14)6(9)15-5;1-2-6-4-3-5-1/h3H,1-2H2,(H,10,12);1-4H2. The topological polar surface area (TPSA) is 90.7 Å². The van der Waals surface area contributed by atoms with Crippen LogP contribution in [0.4, 0.5) is 5.69 Å². The molecular weight excluding hydrogens is 343 g/mol. The van der Waals surface area contributed by atoms with Gasteiger partial charge in [0.15, 0.2) is 4.34 Å². The van der Waals surface area contributed by atoms with E-state index in [0.717, 1.165) is 43.8 Å². The number of carbonyl (C=O) groups is 1. The normalized spacial score (nSPS) is 14.0. The molecule has 1 N–H and O–H groups in total. The highest BCUT2D eigenvalue weighted by atomic mass is 35.5. The molecule has 0 aliphatic carbocycles. The lowest BCUT2D eigenvalue weighted by Crippen LogP contribution is -2.24. The number of nitrogens with one attached hydrogen (secondary N) is 1. The molecular formula is C11H14Cl2N2O5S. The van der Waals surface area contributed by atoms with Gasteiger partial charge in [-0.2, -0.15) is 0 Å². The van der Waals surface area contributed by atoms with Crippen molar-refractivity contribution in [1.82, 2.24) is 5.32 Å². The lowest BCUT2D eigenvalue weighted by atomic mass is 10.4. The van der Waals surface area contributed by atoms with Crippen LogP contribution in [0.1, 0.15) is 9.67 Å². The van der Waals surface area contributed by atoms with Crippen molar-refractivity contribution >= 4 is 46.1 Å². The van der Waals surface area contributed by atoms with Crippen LogP contribution in [0, 0.1) is 10.1 Å². The zero-order valence-corrected chi connectivity index (χ0v) is 13.3. The van der Waals surface area contributed by atoms with E-state index in [1.54, 1.807) is 0 Å². The van der Waals surface area contributed by atoms with E-state index in [1.807, 2.05) is 0 Å². The number of amides is 1. The molecule has 10 heteroatoms. The van der Waals surface area contributed by atoms with Crippen LogP contribution in [-0.2, 0) is 9.47 Å². The van der Waals surface area contributed by atoms with Crippen LogP contribution in [0.3, 0.4) is 0 Å². The third kappa shape index (κ3) is 6.58. The van der Waals surface area contributed by atoms with Gasteiger partial charge in [-0.25, -0.2) is 0 Å². The average molecular weight is 357 g/mol. The summed E-state index contributed by atoms with van der Waals surface area (Å²) in [6.07, 6.45) is 0. The molecule has 0 spiro atoms. The Morgan fingerprint density at radius 3 is 2.33 bits per heavy atom. The van der Waals surface area contributed by atoms with Crippen LogP contribution < -0.4 is 5.32 Å². The van der Waals surface area contributed by atoms with Crippen molar-refractivity contribution in [1.29, 1.82) is 0 Å². The van der Waals surface area contributed by atoms with Gasteiger partial charge in [0.1, 0.15) is 4.88 Å². The number of halogens is 2. The Kier molecular flexibility index (Phi) is 8.55. The fourth-order valence-electron chi connectivity index (χ4n) is 1.28. The van der Waals surface area contributed by atoms with E-state index >= 15 is 0 Å². The number of hydrogen-bond acceptors (Lipinski definition) is 6.